The number of phenols is 1. The SMILES string of the molecule is CSCCC(NC(=O)C(CC(C)C)NC(=O)C(N)Cc1ccccc1)C(=O)NC(Cc1ccc(O)cc1)C(=O)O. The standard InChI is InChI=1S/C29H40N4O6S/c1-18(2)15-24(32-26(35)22(30)16-19-7-5-4-6-8-19)28(37)31-23(13-14-40-3)27(36)33-25(29(38)39)17-20-9-11-21(34)12-10-20/h4-12,18,22-25,34H,13-17,30H2,1-3H3,(H,31,37)(H,32,35)(H,33,36)(H,38,39). The molecule has 0 saturated heterocycles. The number of aromatic hydroxyl groups is 1. The highest BCUT2D eigenvalue weighted by Gasteiger charge is 2.30. The molecule has 0 fully saturated rings. The first-order chi connectivity index (χ1) is 19.0. The van der Waals surface area contributed by atoms with E-state index in [0.29, 0.717) is 24.2 Å². The summed E-state index contributed by atoms with van der Waals surface area (Å²) in [4.78, 5) is 51.3. The minimum atomic E-state index is -1.24. The topological polar surface area (TPSA) is 171 Å². The minimum absolute atomic E-state index is 0.00409. The molecule has 2 aromatic rings. The average Bonchev–Trinajstić information content (AvgIpc) is 2.91. The number of nitrogens with one attached hydrogen (secondary N) is 3. The Morgan fingerprint density at radius 1 is 0.800 bits per heavy atom. The van der Waals surface area contributed by atoms with Crippen LogP contribution in [0.2, 0.25) is 0 Å². The van der Waals surface area contributed by atoms with E-state index in [9.17, 15) is 29.4 Å². The number of carboxylic acids is 1. The molecule has 0 radical (unpaired) electrons. The molecule has 0 aliphatic heterocycles. The molecule has 0 aliphatic rings. The van der Waals surface area contributed by atoms with Gasteiger partial charge in [0.1, 0.15) is 23.9 Å². The van der Waals surface area contributed by atoms with Gasteiger partial charge in [0.2, 0.25) is 17.7 Å². The number of amides is 3. The molecule has 2 rings (SSSR count). The van der Waals surface area contributed by atoms with E-state index in [0.717, 1.165) is 5.56 Å². The summed E-state index contributed by atoms with van der Waals surface area (Å²) in [7, 11) is 0. The smallest absolute Gasteiger partial charge is 0.326 e. The van der Waals surface area contributed by atoms with Crippen molar-refractivity contribution in [3.05, 3.63) is 65.7 Å². The summed E-state index contributed by atoms with van der Waals surface area (Å²) < 4.78 is 0. The number of nitrogens with two attached hydrogens (primary N) is 1. The number of aliphatic carboxylic acids is 1. The summed E-state index contributed by atoms with van der Waals surface area (Å²) >= 11 is 1.48. The Hall–Kier alpha value is -3.57. The molecule has 11 heteroatoms. The highest BCUT2D eigenvalue weighted by atomic mass is 32.2. The molecular formula is C29H40N4O6S. The fourth-order valence-corrected chi connectivity index (χ4v) is 4.53. The first-order valence-corrected chi connectivity index (χ1v) is 14.6. The molecule has 0 aromatic heterocycles. The number of benzene rings is 2. The van der Waals surface area contributed by atoms with E-state index >= 15 is 0 Å². The monoisotopic (exact) mass is 572 g/mol. The number of carbonyl (C=O) groups is 4. The van der Waals surface area contributed by atoms with Gasteiger partial charge < -0.3 is 31.9 Å². The fourth-order valence-electron chi connectivity index (χ4n) is 4.06. The van der Waals surface area contributed by atoms with Crippen molar-refractivity contribution in [3.8, 4) is 5.75 Å². The van der Waals surface area contributed by atoms with Crippen LogP contribution in [-0.2, 0) is 32.0 Å². The van der Waals surface area contributed by atoms with Crippen molar-refractivity contribution in [3.63, 3.8) is 0 Å². The number of carbonyl (C=O) groups excluding carboxylic acids is 3. The minimum Gasteiger partial charge on any atom is -0.508 e. The van der Waals surface area contributed by atoms with Gasteiger partial charge in [0.05, 0.1) is 6.04 Å². The number of hydrogen-bond donors (Lipinski definition) is 6. The van der Waals surface area contributed by atoms with Crippen LogP contribution in [0.15, 0.2) is 54.6 Å². The van der Waals surface area contributed by atoms with Crippen molar-refractivity contribution in [2.45, 2.75) is 63.7 Å². The molecule has 0 bridgehead atoms. The molecule has 218 valence electrons. The van der Waals surface area contributed by atoms with Crippen LogP contribution in [0.4, 0.5) is 0 Å². The molecule has 4 unspecified atom stereocenters. The van der Waals surface area contributed by atoms with Gasteiger partial charge >= 0.3 is 5.97 Å². The molecule has 3 amide bonds. The zero-order valence-electron chi connectivity index (χ0n) is 23.1. The Balaban J connectivity index is 2.11. The average molecular weight is 573 g/mol. The van der Waals surface area contributed by atoms with Crippen molar-refractivity contribution < 1.29 is 29.4 Å². The molecule has 2 aromatic carbocycles. The molecule has 0 saturated carbocycles. The molecule has 0 spiro atoms. The summed E-state index contributed by atoms with van der Waals surface area (Å²) in [6.07, 6.45) is 2.75. The lowest BCUT2D eigenvalue weighted by Gasteiger charge is -2.26. The fraction of sp³-hybridized carbons (Fsp3) is 0.448. The van der Waals surface area contributed by atoms with Crippen LogP contribution >= 0.6 is 11.8 Å². The summed E-state index contributed by atoms with van der Waals surface area (Å²) in [6.45, 7) is 3.82. The van der Waals surface area contributed by atoms with Gasteiger partial charge in [0.25, 0.3) is 0 Å². The molecular weight excluding hydrogens is 532 g/mol. The third-order valence-electron chi connectivity index (χ3n) is 6.21. The number of hydrogen-bond acceptors (Lipinski definition) is 7. The van der Waals surface area contributed by atoms with Crippen LogP contribution in [-0.4, -0.2) is 70.1 Å². The van der Waals surface area contributed by atoms with Crippen LogP contribution in [0.5, 0.6) is 5.75 Å². The van der Waals surface area contributed by atoms with Crippen molar-refractivity contribution in [2.24, 2.45) is 11.7 Å². The van der Waals surface area contributed by atoms with E-state index in [1.807, 2.05) is 50.4 Å². The lowest BCUT2D eigenvalue weighted by Crippen LogP contribution is -2.57. The first-order valence-electron chi connectivity index (χ1n) is 13.2. The van der Waals surface area contributed by atoms with Crippen LogP contribution < -0.4 is 21.7 Å². The maximum Gasteiger partial charge on any atom is 0.326 e. The predicted octanol–water partition coefficient (Wildman–Crippen LogP) is 1.84. The second-order valence-electron chi connectivity index (χ2n) is 10.1. The van der Waals surface area contributed by atoms with Crippen LogP contribution in [0.3, 0.4) is 0 Å². The zero-order valence-corrected chi connectivity index (χ0v) is 23.9. The Morgan fingerprint density at radius 3 is 1.93 bits per heavy atom. The number of thioether (sulfide) groups is 1. The quantitative estimate of drug-likeness (QED) is 0.177. The lowest BCUT2D eigenvalue weighted by molar-refractivity contribution is -0.142. The lowest BCUT2D eigenvalue weighted by atomic mass is 10.0. The van der Waals surface area contributed by atoms with Gasteiger partial charge in [0.15, 0.2) is 0 Å². The second kappa shape index (κ2) is 16.5. The van der Waals surface area contributed by atoms with E-state index in [-0.39, 0.29) is 24.5 Å². The van der Waals surface area contributed by atoms with Crippen LogP contribution in [0.25, 0.3) is 0 Å². The summed E-state index contributed by atoms with van der Waals surface area (Å²) in [5, 5.41) is 27.2. The van der Waals surface area contributed by atoms with Crippen LogP contribution in [0.1, 0.15) is 37.8 Å². The zero-order chi connectivity index (χ0) is 29.7. The van der Waals surface area contributed by atoms with E-state index in [1.54, 1.807) is 12.1 Å². The first kappa shape index (κ1) is 32.6. The Morgan fingerprint density at radius 2 is 1.35 bits per heavy atom. The van der Waals surface area contributed by atoms with Gasteiger partial charge in [-0.1, -0.05) is 56.3 Å². The Labute approximate surface area is 239 Å². The van der Waals surface area contributed by atoms with E-state index in [1.165, 1.54) is 23.9 Å². The third-order valence-corrected chi connectivity index (χ3v) is 6.85. The number of carboxylic acid groups (broad SMARTS) is 1. The molecule has 7 N–H and O–H groups in total. The van der Waals surface area contributed by atoms with Gasteiger partial charge in [-0.25, -0.2) is 4.79 Å². The van der Waals surface area contributed by atoms with Crippen LogP contribution in [0, 0.1) is 5.92 Å². The predicted molar refractivity (Wildman–Crippen MR) is 156 cm³/mol. The molecule has 0 heterocycles. The van der Waals surface area contributed by atoms with Crippen molar-refractivity contribution in [1.82, 2.24) is 16.0 Å². The van der Waals surface area contributed by atoms with Gasteiger partial charge in [0, 0.05) is 6.42 Å². The molecule has 40 heavy (non-hydrogen) atoms. The van der Waals surface area contributed by atoms with Gasteiger partial charge in [-0.15, -0.1) is 0 Å². The largest absolute Gasteiger partial charge is 0.508 e. The summed E-state index contributed by atoms with van der Waals surface area (Å²) in [5.41, 5.74) is 7.62. The second-order valence-corrected chi connectivity index (χ2v) is 11.1. The molecule has 4 atom stereocenters. The highest BCUT2D eigenvalue weighted by molar-refractivity contribution is 7.98. The number of phenolic OH excluding ortho intramolecular Hbond substituents is 1. The van der Waals surface area contributed by atoms with Crippen molar-refractivity contribution in [1.29, 1.82) is 0 Å². The number of rotatable bonds is 16. The summed E-state index contributed by atoms with van der Waals surface area (Å²) in [5.74, 6) is -2.24. The Kier molecular flexibility index (Phi) is 13.5. The maximum atomic E-state index is 13.3. The van der Waals surface area contributed by atoms with Gasteiger partial charge in [-0.2, -0.15) is 11.8 Å². The van der Waals surface area contributed by atoms with E-state index in [2.05, 4.69) is 16.0 Å². The van der Waals surface area contributed by atoms with Crippen molar-refractivity contribution in [2.75, 3.05) is 12.0 Å². The molecule has 0 aliphatic carbocycles. The van der Waals surface area contributed by atoms with Gasteiger partial charge in [-0.3, -0.25) is 14.4 Å². The van der Waals surface area contributed by atoms with Crippen molar-refractivity contribution >= 4 is 35.5 Å². The van der Waals surface area contributed by atoms with E-state index < -0.39 is 47.9 Å². The summed E-state index contributed by atoms with van der Waals surface area (Å²) in [6, 6.07) is 11.3. The Bertz CT molecular complexity index is 1110. The normalized spacial score (nSPS) is 14.0. The highest BCUT2D eigenvalue weighted by Crippen LogP contribution is 2.13. The molecule has 10 nitrogen and oxygen atoms in total. The third kappa shape index (κ3) is 11.3. The maximum absolute atomic E-state index is 13.3. The van der Waals surface area contributed by atoms with E-state index in [4.69, 9.17) is 5.73 Å². The van der Waals surface area contributed by atoms with Gasteiger partial charge in [-0.05, 0) is 60.4 Å².